The molecule has 132 valence electrons. The van der Waals surface area contributed by atoms with Crippen molar-refractivity contribution in [3.05, 3.63) is 65.6 Å². The molecular formula is C21H25FN2O. The summed E-state index contributed by atoms with van der Waals surface area (Å²) in [6.45, 7) is 1.38. The van der Waals surface area contributed by atoms with Crippen molar-refractivity contribution >= 4 is 10.9 Å². The van der Waals surface area contributed by atoms with Gasteiger partial charge in [0.1, 0.15) is 0 Å². The van der Waals surface area contributed by atoms with Gasteiger partial charge in [-0.15, -0.1) is 0 Å². The third-order valence-electron chi connectivity index (χ3n) is 4.45. The lowest BCUT2D eigenvalue weighted by Crippen LogP contribution is -2.15. The fourth-order valence-electron chi connectivity index (χ4n) is 3.11. The number of nitrogens with zero attached hydrogens (tertiary/aromatic N) is 2. The van der Waals surface area contributed by atoms with E-state index in [0.717, 1.165) is 35.9 Å². The lowest BCUT2D eigenvalue weighted by atomic mass is 10.1. The molecule has 0 fully saturated rings. The van der Waals surface area contributed by atoms with Crippen LogP contribution in [0.25, 0.3) is 10.9 Å². The van der Waals surface area contributed by atoms with E-state index in [1.807, 2.05) is 50.0 Å². The van der Waals surface area contributed by atoms with Crippen LogP contribution < -0.4 is 4.74 Å². The molecule has 0 aliphatic carbocycles. The molecule has 0 N–H and O–H groups in total. The molecule has 0 bridgehead atoms. The van der Waals surface area contributed by atoms with E-state index >= 15 is 0 Å². The van der Waals surface area contributed by atoms with Crippen molar-refractivity contribution < 1.29 is 9.13 Å². The van der Waals surface area contributed by atoms with Gasteiger partial charge in [0.15, 0.2) is 11.6 Å². The first-order chi connectivity index (χ1) is 12.1. The van der Waals surface area contributed by atoms with Crippen molar-refractivity contribution in [3.63, 3.8) is 0 Å². The van der Waals surface area contributed by atoms with Crippen molar-refractivity contribution in [3.8, 4) is 5.75 Å². The minimum absolute atomic E-state index is 0.294. The van der Waals surface area contributed by atoms with E-state index in [4.69, 9.17) is 4.74 Å². The van der Waals surface area contributed by atoms with Gasteiger partial charge in [-0.1, -0.05) is 30.3 Å². The van der Waals surface area contributed by atoms with E-state index in [-0.39, 0.29) is 5.82 Å². The second-order valence-electron chi connectivity index (χ2n) is 6.67. The summed E-state index contributed by atoms with van der Waals surface area (Å²) in [6.07, 6.45) is 3.71. The Balaban J connectivity index is 1.86. The van der Waals surface area contributed by atoms with Gasteiger partial charge in [0.25, 0.3) is 0 Å². The second kappa shape index (κ2) is 7.70. The quantitative estimate of drug-likeness (QED) is 0.646. The number of benzene rings is 2. The molecule has 0 atom stereocenters. The number of fused-ring (bicyclic) bond motifs is 1. The van der Waals surface area contributed by atoms with Gasteiger partial charge in [-0.05, 0) is 43.8 Å². The number of likely N-dealkylation sites (N-methyl/N-ethyl adjacent to an activating group) is 1. The Morgan fingerprint density at radius 2 is 1.80 bits per heavy atom. The fourth-order valence-corrected chi connectivity index (χ4v) is 3.11. The van der Waals surface area contributed by atoms with Crippen LogP contribution in [0.3, 0.4) is 0 Å². The van der Waals surface area contributed by atoms with Gasteiger partial charge in [-0.25, -0.2) is 4.39 Å². The molecule has 1 heterocycles. The van der Waals surface area contributed by atoms with E-state index in [0.29, 0.717) is 12.4 Å². The molecule has 25 heavy (non-hydrogen) atoms. The van der Waals surface area contributed by atoms with Gasteiger partial charge < -0.3 is 14.2 Å². The van der Waals surface area contributed by atoms with Crippen LogP contribution in [0.1, 0.15) is 11.1 Å². The van der Waals surface area contributed by atoms with Gasteiger partial charge in [0.05, 0.1) is 12.1 Å². The van der Waals surface area contributed by atoms with Crippen LogP contribution in [-0.4, -0.2) is 36.7 Å². The van der Waals surface area contributed by atoms with Crippen LogP contribution in [0.5, 0.6) is 5.75 Å². The first-order valence-corrected chi connectivity index (χ1v) is 8.64. The van der Waals surface area contributed by atoms with Gasteiger partial charge in [-0.2, -0.15) is 0 Å². The summed E-state index contributed by atoms with van der Waals surface area (Å²) in [4.78, 5) is 2.13. The molecule has 4 heteroatoms. The monoisotopic (exact) mass is 340 g/mol. The van der Waals surface area contributed by atoms with E-state index in [1.165, 1.54) is 11.6 Å². The average Bonchev–Trinajstić information content (AvgIpc) is 2.92. The molecule has 1 aromatic heterocycles. The zero-order valence-corrected chi connectivity index (χ0v) is 15.1. The minimum Gasteiger partial charge on any atom is -0.489 e. The SMILES string of the molecule is CN(C)CCc1cn(C)c2ccc(F)c(OCCc3ccccc3)c12. The van der Waals surface area contributed by atoms with Gasteiger partial charge in [-0.3, -0.25) is 0 Å². The number of halogens is 1. The summed E-state index contributed by atoms with van der Waals surface area (Å²) in [5.74, 6) is 0.0839. The highest BCUT2D eigenvalue weighted by atomic mass is 19.1. The molecule has 3 nitrogen and oxygen atoms in total. The van der Waals surface area contributed by atoms with Crippen LogP contribution in [0.15, 0.2) is 48.7 Å². The van der Waals surface area contributed by atoms with E-state index in [9.17, 15) is 4.39 Å². The highest BCUT2D eigenvalue weighted by Crippen LogP contribution is 2.33. The number of ether oxygens (including phenoxy) is 1. The van der Waals surface area contributed by atoms with Gasteiger partial charge in [0, 0.05) is 31.6 Å². The molecule has 0 unspecified atom stereocenters. The largest absolute Gasteiger partial charge is 0.489 e. The maximum Gasteiger partial charge on any atom is 0.165 e. The summed E-state index contributed by atoms with van der Waals surface area (Å²) in [5.41, 5.74) is 3.32. The lowest BCUT2D eigenvalue weighted by Gasteiger charge is -2.12. The summed E-state index contributed by atoms with van der Waals surface area (Å²) in [5, 5.41) is 0.900. The summed E-state index contributed by atoms with van der Waals surface area (Å²) in [7, 11) is 6.08. The van der Waals surface area contributed by atoms with Crippen LogP contribution in [0.2, 0.25) is 0 Å². The third-order valence-corrected chi connectivity index (χ3v) is 4.45. The van der Waals surface area contributed by atoms with Crippen molar-refractivity contribution in [2.45, 2.75) is 12.8 Å². The lowest BCUT2D eigenvalue weighted by molar-refractivity contribution is 0.309. The first-order valence-electron chi connectivity index (χ1n) is 8.64. The fraction of sp³-hybridized carbons (Fsp3) is 0.333. The topological polar surface area (TPSA) is 17.4 Å². The Hall–Kier alpha value is -2.33. The summed E-state index contributed by atoms with van der Waals surface area (Å²) in [6, 6.07) is 13.5. The third kappa shape index (κ3) is 4.02. The molecule has 0 amide bonds. The predicted molar refractivity (Wildman–Crippen MR) is 101 cm³/mol. The molecule has 0 spiro atoms. The molecule has 0 radical (unpaired) electrons. The van der Waals surface area contributed by atoms with Crippen LogP contribution >= 0.6 is 0 Å². The Labute approximate surface area is 148 Å². The first kappa shape index (κ1) is 17.5. The normalized spacial score (nSPS) is 11.4. The highest BCUT2D eigenvalue weighted by Gasteiger charge is 2.16. The zero-order valence-electron chi connectivity index (χ0n) is 15.1. The Morgan fingerprint density at radius 1 is 1.04 bits per heavy atom. The number of hydrogen-bond acceptors (Lipinski definition) is 2. The van der Waals surface area contributed by atoms with Crippen molar-refractivity contribution in [1.29, 1.82) is 0 Å². The molecular weight excluding hydrogens is 315 g/mol. The van der Waals surface area contributed by atoms with Crippen molar-refractivity contribution in [1.82, 2.24) is 9.47 Å². The number of rotatable bonds is 7. The Kier molecular flexibility index (Phi) is 5.39. The second-order valence-corrected chi connectivity index (χ2v) is 6.67. The predicted octanol–water partition coefficient (Wildman–Crippen LogP) is 4.04. The van der Waals surface area contributed by atoms with Gasteiger partial charge in [0.2, 0.25) is 0 Å². The smallest absolute Gasteiger partial charge is 0.165 e. The maximum absolute atomic E-state index is 14.5. The number of aryl methyl sites for hydroxylation is 1. The highest BCUT2D eigenvalue weighted by molar-refractivity contribution is 5.90. The van der Waals surface area contributed by atoms with Crippen LogP contribution in [0.4, 0.5) is 4.39 Å². The molecule has 0 aliphatic rings. The van der Waals surface area contributed by atoms with Crippen molar-refractivity contribution in [2.24, 2.45) is 7.05 Å². The molecule has 0 aliphatic heterocycles. The number of hydrogen-bond donors (Lipinski definition) is 0. The molecule has 3 rings (SSSR count). The van der Waals surface area contributed by atoms with E-state index in [2.05, 4.69) is 23.2 Å². The molecule has 3 aromatic rings. The summed E-state index contributed by atoms with van der Waals surface area (Å²) >= 11 is 0. The van der Waals surface area contributed by atoms with Crippen LogP contribution in [0, 0.1) is 5.82 Å². The van der Waals surface area contributed by atoms with Crippen molar-refractivity contribution in [2.75, 3.05) is 27.2 Å². The average molecular weight is 340 g/mol. The molecule has 0 saturated heterocycles. The minimum atomic E-state index is -0.294. The standard InChI is InChI=1S/C21H25FN2O/c1-23(2)13-11-17-15-24(3)19-10-9-18(22)21(20(17)19)25-14-12-16-7-5-4-6-8-16/h4-10,15H,11-14H2,1-3H3. The maximum atomic E-state index is 14.5. The zero-order chi connectivity index (χ0) is 17.8. The number of aromatic nitrogens is 1. The van der Waals surface area contributed by atoms with Crippen LogP contribution in [-0.2, 0) is 19.9 Å². The molecule has 2 aromatic carbocycles. The van der Waals surface area contributed by atoms with E-state index in [1.54, 1.807) is 0 Å². The molecule has 0 saturated carbocycles. The summed E-state index contributed by atoms with van der Waals surface area (Å²) < 4.78 is 22.4. The van der Waals surface area contributed by atoms with E-state index < -0.39 is 0 Å². The Morgan fingerprint density at radius 3 is 2.52 bits per heavy atom. The Bertz CT molecular complexity index is 840. The van der Waals surface area contributed by atoms with Gasteiger partial charge >= 0.3 is 0 Å².